The molecule has 2 heterocycles. The van der Waals surface area contributed by atoms with Gasteiger partial charge in [0.1, 0.15) is 23.8 Å². The molecule has 0 radical (unpaired) electrons. The predicted molar refractivity (Wildman–Crippen MR) is 154 cm³/mol. The predicted octanol–water partition coefficient (Wildman–Crippen LogP) is 7.83. The summed E-state index contributed by atoms with van der Waals surface area (Å²) in [7, 11) is 0. The molecule has 6 rings (SSSR count). The summed E-state index contributed by atoms with van der Waals surface area (Å²) in [5.41, 5.74) is 1.69. The molecular formula is C30H18BrClFN3O3. The zero-order chi connectivity index (χ0) is 26.9. The van der Waals surface area contributed by atoms with E-state index in [0.29, 0.717) is 44.1 Å². The van der Waals surface area contributed by atoms with Crippen molar-refractivity contribution < 1.29 is 13.5 Å². The van der Waals surface area contributed by atoms with Gasteiger partial charge in [0.2, 0.25) is 5.82 Å². The number of fused-ring (bicyclic) bond motifs is 2. The average Bonchev–Trinajstić information content (AvgIpc) is 3.36. The fraction of sp³-hybridized carbons (Fsp3) is 0.0333. The molecule has 0 N–H and O–H groups in total. The Morgan fingerprint density at radius 3 is 2.72 bits per heavy atom. The van der Waals surface area contributed by atoms with Crippen LogP contribution in [0.5, 0.6) is 5.75 Å². The van der Waals surface area contributed by atoms with Crippen molar-refractivity contribution in [2.24, 2.45) is 5.10 Å². The van der Waals surface area contributed by atoms with E-state index in [1.54, 1.807) is 54.6 Å². The van der Waals surface area contributed by atoms with E-state index in [2.05, 4.69) is 21.0 Å². The van der Waals surface area contributed by atoms with Gasteiger partial charge in [0, 0.05) is 26.0 Å². The first-order chi connectivity index (χ1) is 19.0. The highest BCUT2D eigenvalue weighted by atomic mass is 79.9. The molecule has 2 aromatic heterocycles. The molecule has 0 saturated carbocycles. The highest BCUT2D eigenvalue weighted by Gasteiger charge is 2.17. The Balaban J connectivity index is 1.45. The van der Waals surface area contributed by atoms with Crippen LogP contribution in [-0.2, 0) is 6.61 Å². The third-order valence-electron chi connectivity index (χ3n) is 6.08. The van der Waals surface area contributed by atoms with Crippen LogP contribution in [0, 0.1) is 5.82 Å². The van der Waals surface area contributed by atoms with Crippen molar-refractivity contribution in [3.63, 3.8) is 0 Å². The molecule has 192 valence electrons. The Morgan fingerprint density at radius 2 is 1.85 bits per heavy atom. The molecule has 0 fully saturated rings. The van der Waals surface area contributed by atoms with Gasteiger partial charge in [0.05, 0.1) is 17.1 Å². The van der Waals surface area contributed by atoms with Gasteiger partial charge in [-0.05, 0) is 60.7 Å². The van der Waals surface area contributed by atoms with Crippen LogP contribution in [-0.4, -0.2) is 15.9 Å². The van der Waals surface area contributed by atoms with E-state index in [1.807, 2.05) is 30.3 Å². The van der Waals surface area contributed by atoms with E-state index in [-0.39, 0.29) is 23.8 Å². The summed E-state index contributed by atoms with van der Waals surface area (Å²) >= 11 is 9.73. The maximum absolute atomic E-state index is 14.1. The number of rotatable bonds is 6. The van der Waals surface area contributed by atoms with Gasteiger partial charge >= 0.3 is 0 Å². The molecule has 0 bridgehead atoms. The second-order valence-corrected chi connectivity index (χ2v) is 10.0. The maximum atomic E-state index is 14.1. The van der Waals surface area contributed by atoms with Crippen molar-refractivity contribution in [3.05, 3.63) is 128 Å². The standard InChI is InChI=1S/C30H18BrClFN3O3/c31-21-9-11-27-19(13-21)15-28(39-27)29-35-25-8-4-2-6-23(25)30(37)36(29)34-16-20-14-22(32)10-12-26(20)38-17-18-5-1-3-7-24(18)33/h1-16H,17H2. The largest absolute Gasteiger partial charge is 0.488 e. The zero-order valence-electron chi connectivity index (χ0n) is 20.1. The van der Waals surface area contributed by atoms with Crippen LogP contribution in [0.15, 0.2) is 110 Å². The van der Waals surface area contributed by atoms with Crippen LogP contribution in [0.4, 0.5) is 4.39 Å². The molecule has 0 atom stereocenters. The van der Waals surface area contributed by atoms with Gasteiger partial charge < -0.3 is 9.15 Å². The molecule has 0 amide bonds. The molecule has 9 heteroatoms. The smallest absolute Gasteiger partial charge is 0.282 e. The summed E-state index contributed by atoms with van der Waals surface area (Å²) in [6.45, 7) is 0.00637. The van der Waals surface area contributed by atoms with Crippen LogP contribution >= 0.6 is 27.5 Å². The second-order valence-electron chi connectivity index (χ2n) is 8.67. The Hall–Kier alpha value is -4.27. The van der Waals surface area contributed by atoms with E-state index in [1.165, 1.54) is 17.0 Å². The molecule has 0 aliphatic carbocycles. The summed E-state index contributed by atoms with van der Waals surface area (Å²) in [6.07, 6.45) is 1.46. The summed E-state index contributed by atoms with van der Waals surface area (Å²) in [6, 6.07) is 25.8. The van der Waals surface area contributed by atoms with Gasteiger partial charge in [0.25, 0.3) is 5.56 Å². The summed E-state index contributed by atoms with van der Waals surface area (Å²) in [5.74, 6) is 0.671. The fourth-order valence-electron chi connectivity index (χ4n) is 4.16. The first kappa shape index (κ1) is 25.0. The number of nitrogens with zero attached hydrogens (tertiary/aromatic N) is 3. The molecule has 39 heavy (non-hydrogen) atoms. The van der Waals surface area contributed by atoms with Crippen LogP contribution in [0.3, 0.4) is 0 Å². The zero-order valence-corrected chi connectivity index (χ0v) is 22.5. The molecule has 0 aliphatic rings. The Kier molecular flexibility index (Phi) is 6.72. The third-order valence-corrected chi connectivity index (χ3v) is 6.81. The van der Waals surface area contributed by atoms with Gasteiger partial charge in [-0.2, -0.15) is 9.78 Å². The number of halogens is 3. The lowest BCUT2D eigenvalue weighted by molar-refractivity contribution is 0.299. The van der Waals surface area contributed by atoms with Crippen LogP contribution in [0.2, 0.25) is 5.02 Å². The Bertz CT molecular complexity index is 1950. The summed E-state index contributed by atoms with van der Waals surface area (Å²) < 4.78 is 28.2. The van der Waals surface area contributed by atoms with Crippen molar-refractivity contribution in [1.82, 2.24) is 9.66 Å². The van der Waals surface area contributed by atoms with Gasteiger partial charge in [-0.25, -0.2) is 9.37 Å². The summed E-state index contributed by atoms with van der Waals surface area (Å²) in [4.78, 5) is 18.3. The number of ether oxygens (including phenoxy) is 1. The lowest BCUT2D eigenvalue weighted by atomic mass is 10.2. The van der Waals surface area contributed by atoms with Gasteiger partial charge in [-0.1, -0.05) is 57.9 Å². The Labute approximate surface area is 235 Å². The van der Waals surface area contributed by atoms with E-state index in [9.17, 15) is 9.18 Å². The minimum atomic E-state index is -0.371. The van der Waals surface area contributed by atoms with Crippen LogP contribution < -0.4 is 10.3 Å². The SMILES string of the molecule is O=c1c2ccccc2nc(-c2cc3cc(Br)ccc3o2)n1N=Cc1cc(Cl)ccc1OCc1ccccc1F. The minimum Gasteiger partial charge on any atom is -0.488 e. The van der Waals surface area contributed by atoms with Gasteiger partial charge in [0.15, 0.2) is 5.76 Å². The van der Waals surface area contributed by atoms with Crippen molar-refractivity contribution in [2.75, 3.05) is 0 Å². The molecule has 4 aromatic carbocycles. The number of hydrogen-bond donors (Lipinski definition) is 0. The third kappa shape index (κ3) is 5.08. The molecule has 0 aliphatic heterocycles. The quantitative estimate of drug-likeness (QED) is 0.182. The first-order valence-corrected chi connectivity index (χ1v) is 13.0. The average molecular weight is 603 g/mol. The maximum Gasteiger partial charge on any atom is 0.282 e. The number of hydrogen-bond acceptors (Lipinski definition) is 5. The molecule has 6 nitrogen and oxygen atoms in total. The van der Waals surface area contributed by atoms with E-state index < -0.39 is 0 Å². The monoisotopic (exact) mass is 601 g/mol. The van der Waals surface area contributed by atoms with E-state index in [0.717, 1.165) is 9.86 Å². The summed E-state index contributed by atoms with van der Waals surface area (Å²) in [5, 5.41) is 6.19. The minimum absolute atomic E-state index is 0.00637. The highest BCUT2D eigenvalue weighted by Crippen LogP contribution is 2.29. The molecule has 0 spiro atoms. The Morgan fingerprint density at radius 1 is 1.03 bits per heavy atom. The fourth-order valence-corrected chi connectivity index (χ4v) is 4.72. The lowest BCUT2D eigenvalue weighted by Crippen LogP contribution is -2.20. The lowest BCUT2D eigenvalue weighted by Gasteiger charge is -2.11. The van der Waals surface area contributed by atoms with Crippen molar-refractivity contribution in [1.29, 1.82) is 0 Å². The van der Waals surface area contributed by atoms with Crippen molar-refractivity contribution in [3.8, 4) is 17.3 Å². The first-order valence-electron chi connectivity index (χ1n) is 11.9. The highest BCUT2D eigenvalue weighted by molar-refractivity contribution is 9.10. The van der Waals surface area contributed by atoms with Gasteiger partial charge in [-0.15, -0.1) is 0 Å². The van der Waals surface area contributed by atoms with Crippen LogP contribution in [0.25, 0.3) is 33.5 Å². The number of benzene rings is 4. The number of aromatic nitrogens is 2. The second kappa shape index (κ2) is 10.5. The van der Waals surface area contributed by atoms with Crippen LogP contribution in [0.1, 0.15) is 11.1 Å². The number of para-hydroxylation sites is 1. The topological polar surface area (TPSA) is 69.6 Å². The molecule has 0 unspecified atom stereocenters. The van der Waals surface area contributed by atoms with E-state index >= 15 is 0 Å². The van der Waals surface area contributed by atoms with E-state index in [4.69, 9.17) is 25.7 Å². The van der Waals surface area contributed by atoms with Crippen molar-refractivity contribution in [2.45, 2.75) is 6.61 Å². The van der Waals surface area contributed by atoms with Gasteiger partial charge in [-0.3, -0.25) is 4.79 Å². The molecular weight excluding hydrogens is 585 g/mol. The molecule has 6 aromatic rings. The van der Waals surface area contributed by atoms with Crippen molar-refractivity contribution >= 4 is 55.6 Å². The molecule has 0 saturated heterocycles. The number of furan rings is 1. The normalized spacial score (nSPS) is 11.6.